The maximum absolute atomic E-state index is 6.29. The third kappa shape index (κ3) is 4.89. The molecule has 0 spiro atoms. The second-order valence-corrected chi connectivity index (χ2v) is 13.5. The second kappa shape index (κ2) is 12.1. The summed E-state index contributed by atoms with van der Waals surface area (Å²) in [6.45, 7) is 0. The molecule has 0 aliphatic rings. The van der Waals surface area contributed by atoms with Crippen LogP contribution in [0.3, 0.4) is 0 Å². The summed E-state index contributed by atoms with van der Waals surface area (Å²) in [5, 5.41) is 5.61. The maximum Gasteiger partial charge on any atom is 0.164 e. The molecule has 252 valence electrons. The minimum atomic E-state index is 0.569. The Hall–Kier alpha value is -7.44. The van der Waals surface area contributed by atoms with Crippen molar-refractivity contribution in [3.8, 4) is 51.0 Å². The Balaban J connectivity index is 1.19. The molecule has 0 saturated carbocycles. The van der Waals surface area contributed by atoms with Gasteiger partial charge >= 0.3 is 0 Å². The van der Waals surface area contributed by atoms with Gasteiger partial charge in [-0.2, -0.15) is 0 Å². The van der Waals surface area contributed by atoms with Gasteiger partial charge in [0.1, 0.15) is 11.2 Å². The number of nitrogens with zero attached hydrogens (tertiary/aromatic N) is 5. The number of pyridine rings is 1. The molecular formula is C48H29N5O. The lowest BCUT2D eigenvalue weighted by atomic mass is 9.97. The second-order valence-electron chi connectivity index (χ2n) is 13.5. The molecule has 7 aromatic carbocycles. The van der Waals surface area contributed by atoms with Crippen molar-refractivity contribution in [3.63, 3.8) is 0 Å². The van der Waals surface area contributed by atoms with E-state index in [0.29, 0.717) is 17.5 Å². The molecule has 0 bridgehead atoms. The van der Waals surface area contributed by atoms with E-state index >= 15 is 0 Å². The van der Waals surface area contributed by atoms with Crippen LogP contribution in [0.4, 0.5) is 0 Å². The molecule has 6 nitrogen and oxygen atoms in total. The summed E-state index contributed by atoms with van der Waals surface area (Å²) in [5.74, 6) is 1.74. The fourth-order valence-corrected chi connectivity index (χ4v) is 7.80. The van der Waals surface area contributed by atoms with Gasteiger partial charge in [0.25, 0.3) is 0 Å². The van der Waals surface area contributed by atoms with Crippen LogP contribution < -0.4 is 0 Å². The van der Waals surface area contributed by atoms with Gasteiger partial charge in [-0.25, -0.2) is 15.0 Å². The summed E-state index contributed by atoms with van der Waals surface area (Å²) in [6.07, 6.45) is 1.84. The molecule has 0 unspecified atom stereocenters. The SMILES string of the molecule is c1ccc(-c2nc(-c3cc(-c4cccc5ncccc45)cc(-n4c5ccccc5c5ccccc54)c3)nc(-c3ccc4c(c3)oc3ccccc34)n2)cc1. The van der Waals surface area contributed by atoms with Crippen molar-refractivity contribution in [2.75, 3.05) is 0 Å². The number of benzene rings is 7. The normalized spacial score (nSPS) is 11.7. The Morgan fingerprint density at radius 3 is 1.81 bits per heavy atom. The molecular weight excluding hydrogens is 663 g/mol. The quantitative estimate of drug-likeness (QED) is 0.180. The van der Waals surface area contributed by atoms with Crippen molar-refractivity contribution in [2.45, 2.75) is 0 Å². The van der Waals surface area contributed by atoms with Crippen LogP contribution in [-0.2, 0) is 0 Å². The number of hydrogen-bond donors (Lipinski definition) is 0. The van der Waals surface area contributed by atoms with Crippen LogP contribution >= 0.6 is 0 Å². The molecule has 4 heterocycles. The molecule has 11 aromatic rings. The van der Waals surface area contributed by atoms with Crippen LogP contribution in [0.5, 0.6) is 0 Å². The number of rotatable bonds is 5. The Bertz CT molecular complexity index is 3180. The van der Waals surface area contributed by atoms with Crippen molar-refractivity contribution in [3.05, 3.63) is 176 Å². The molecule has 0 aliphatic carbocycles. The number of aromatic nitrogens is 5. The maximum atomic E-state index is 6.29. The lowest BCUT2D eigenvalue weighted by molar-refractivity contribution is 0.669. The number of hydrogen-bond acceptors (Lipinski definition) is 5. The lowest BCUT2D eigenvalue weighted by Gasteiger charge is -2.15. The topological polar surface area (TPSA) is 69.6 Å². The van der Waals surface area contributed by atoms with Crippen LogP contribution in [0.2, 0.25) is 0 Å². The first kappa shape index (κ1) is 30.2. The lowest BCUT2D eigenvalue weighted by Crippen LogP contribution is -2.02. The third-order valence-corrected chi connectivity index (χ3v) is 10.3. The van der Waals surface area contributed by atoms with E-state index in [1.807, 2.05) is 66.9 Å². The smallest absolute Gasteiger partial charge is 0.164 e. The van der Waals surface area contributed by atoms with E-state index < -0.39 is 0 Å². The highest BCUT2D eigenvalue weighted by Gasteiger charge is 2.19. The number of para-hydroxylation sites is 3. The first-order chi connectivity index (χ1) is 26.7. The van der Waals surface area contributed by atoms with E-state index in [1.54, 1.807) is 0 Å². The molecule has 11 rings (SSSR count). The average molecular weight is 692 g/mol. The molecule has 0 atom stereocenters. The number of furan rings is 1. The van der Waals surface area contributed by atoms with E-state index in [9.17, 15) is 0 Å². The average Bonchev–Trinajstić information content (AvgIpc) is 3.79. The van der Waals surface area contributed by atoms with Gasteiger partial charge in [-0.15, -0.1) is 0 Å². The van der Waals surface area contributed by atoms with Gasteiger partial charge < -0.3 is 8.98 Å². The zero-order chi connectivity index (χ0) is 35.6. The van der Waals surface area contributed by atoms with E-state index in [-0.39, 0.29) is 0 Å². The van der Waals surface area contributed by atoms with Crippen molar-refractivity contribution in [1.82, 2.24) is 24.5 Å². The van der Waals surface area contributed by atoms with Crippen LogP contribution in [0.1, 0.15) is 0 Å². The van der Waals surface area contributed by atoms with Crippen LogP contribution in [0, 0.1) is 0 Å². The predicted octanol–water partition coefficient (Wildman–Crippen LogP) is 12.1. The van der Waals surface area contributed by atoms with Gasteiger partial charge in [-0.1, -0.05) is 109 Å². The Labute approximate surface area is 309 Å². The number of fused-ring (bicyclic) bond motifs is 7. The molecule has 0 amide bonds. The third-order valence-electron chi connectivity index (χ3n) is 10.3. The first-order valence-electron chi connectivity index (χ1n) is 18.0. The van der Waals surface area contributed by atoms with E-state index in [0.717, 1.165) is 77.4 Å². The summed E-state index contributed by atoms with van der Waals surface area (Å²) in [6, 6.07) is 58.6. The van der Waals surface area contributed by atoms with Gasteiger partial charge in [-0.05, 0) is 71.8 Å². The van der Waals surface area contributed by atoms with Gasteiger partial charge in [0.2, 0.25) is 0 Å². The van der Waals surface area contributed by atoms with Crippen LogP contribution in [-0.4, -0.2) is 24.5 Å². The molecule has 4 aromatic heterocycles. The fraction of sp³-hybridized carbons (Fsp3) is 0. The minimum absolute atomic E-state index is 0.569. The highest BCUT2D eigenvalue weighted by Crippen LogP contribution is 2.38. The van der Waals surface area contributed by atoms with E-state index in [4.69, 9.17) is 19.4 Å². The molecule has 54 heavy (non-hydrogen) atoms. The van der Waals surface area contributed by atoms with Crippen LogP contribution in [0.25, 0.3) is 106 Å². The van der Waals surface area contributed by atoms with Crippen molar-refractivity contribution in [1.29, 1.82) is 0 Å². The molecule has 0 aliphatic heterocycles. The highest BCUT2D eigenvalue weighted by atomic mass is 16.3. The zero-order valence-corrected chi connectivity index (χ0v) is 28.9. The van der Waals surface area contributed by atoms with Gasteiger partial charge in [0, 0.05) is 55.5 Å². The Morgan fingerprint density at radius 2 is 1.02 bits per heavy atom. The molecule has 0 radical (unpaired) electrons. The summed E-state index contributed by atoms with van der Waals surface area (Å²) in [5.41, 5.74) is 10.6. The van der Waals surface area contributed by atoms with Crippen molar-refractivity contribution in [2.24, 2.45) is 0 Å². The Kier molecular flexibility index (Phi) is 6.75. The van der Waals surface area contributed by atoms with Crippen LogP contribution in [0.15, 0.2) is 180 Å². The van der Waals surface area contributed by atoms with Gasteiger partial charge in [0.05, 0.1) is 16.6 Å². The summed E-state index contributed by atoms with van der Waals surface area (Å²) in [4.78, 5) is 20.1. The molecule has 6 heteroatoms. The fourth-order valence-electron chi connectivity index (χ4n) is 7.80. The largest absolute Gasteiger partial charge is 0.456 e. The van der Waals surface area contributed by atoms with E-state index in [1.165, 1.54) is 10.8 Å². The predicted molar refractivity (Wildman–Crippen MR) is 218 cm³/mol. The standard InChI is InChI=1S/C48H29N5O/c1-2-12-30(13-3-1)46-50-47(31-23-24-40-39-16-6-9-22-44(39)54-45(40)29-31)52-48(51-46)33-26-32(35-17-10-19-41-36(35)18-11-25-49-41)27-34(28-33)53-42-20-7-4-14-37(42)38-15-5-8-21-43(38)53/h1-29H. The highest BCUT2D eigenvalue weighted by molar-refractivity contribution is 6.09. The first-order valence-corrected chi connectivity index (χ1v) is 18.0. The van der Waals surface area contributed by atoms with Crippen molar-refractivity contribution >= 4 is 54.6 Å². The summed E-state index contributed by atoms with van der Waals surface area (Å²) >= 11 is 0. The monoisotopic (exact) mass is 691 g/mol. The van der Waals surface area contributed by atoms with Gasteiger partial charge in [0.15, 0.2) is 17.5 Å². The van der Waals surface area contributed by atoms with E-state index in [2.05, 4.69) is 119 Å². The zero-order valence-electron chi connectivity index (χ0n) is 28.9. The molecule has 0 N–H and O–H groups in total. The summed E-state index contributed by atoms with van der Waals surface area (Å²) < 4.78 is 8.64. The van der Waals surface area contributed by atoms with Crippen molar-refractivity contribution < 1.29 is 4.42 Å². The molecule has 0 saturated heterocycles. The Morgan fingerprint density at radius 1 is 0.389 bits per heavy atom. The van der Waals surface area contributed by atoms with Gasteiger partial charge in [-0.3, -0.25) is 4.98 Å². The minimum Gasteiger partial charge on any atom is -0.456 e. The summed E-state index contributed by atoms with van der Waals surface area (Å²) in [7, 11) is 0. The molecule has 0 fully saturated rings.